The van der Waals surface area contributed by atoms with Crippen LogP contribution < -0.4 is 15.3 Å². The number of H-pyrrole nitrogens is 1. The van der Waals surface area contributed by atoms with Crippen LogP contribution in [0, 0.1) is 0 Å². The number of amides is 1. The fraction of sp³-hybridized carbons (Fsp3) is 0.0455. The van der Waals surface area contributed by atoms with Crippen molar-refractivity contribution < 1.29 is 17.9 Å². The monoisotopic (exact) mass is 449 g/mol. The third-order valence-electron chi connectivity index (χ3n) is 4.62. The van der Waals surface area contributed by atoms with Crippen molar-refractivity contribution in [3.8, 4) is 5.88 Å². The summed E-state index contributed by atoms with van der Waals surface area (Å²) in [5, 5.41) is 9.87. The molecule has 0 bridgehead atoms. The van der Waals surface area contributed by atoms with Crippen molar-refractivity contribution >= 4 is 33.0 Å². The lowest BCUT2D eigenvalue weighted by Crippen LogP contribution is -2.18. The van der Waals surface area contributed by atoms with Gasteiger partial charge < -0.3 is 9.72 Å². The van der Waals surface area contributed by atoms with Crippen molar-refractivity contribution in [3.63, 3.8) is 0 Å². The minimum atomic E-state index is -3.82. The Morgan fingerprint density at radius 3 is 2.62 bits per heavy atom. The van der Waals surface area contributed by atoms with E-state index in [1.54, 1.807) is 18.5 Å². The van der Waals surface area contributed by atoms with Crippen LogP contribution in [0.25, 0.3) is 10.9 Å². The van der Waals surface area contributed by atoms with Crippen LogP contribution in [0.4, 0.5) is 0 Å². The van der Waals surface area contributed by atoms with Crippen molar-refractivity contribution in [2.75, 3.05) is 0 Å². The molecule has 1 amide bonds. The van der Waals surface area contributed by atoms with Gasteiger partial charge in [-0.3, -0.25) is 4.79 Å². The first-order chi connectivity index (χ1) is 15.4. The Balaban J connectivity index is 1.43. The number of pyridine rings is 1. The lowest BCUT2D eigenvalue weighted by atomic mass is 10.2. The molecule has 0 saturated heterocycles. The number of hydrogen-bond acceptors (Lipinski definition) is 6. The molecule has 4 aromatic rings. The molecule has 32 heavy (non-hydrogen) atoms. The van der Waals surface area contributed by atoms with Crippen molar-refractivity contribution in [1.82, 2.24) is 15.4 Å². The highest BCUT2D eigenvalue weighted by atomic mass is 32.2. The van der Waals surface area contributed by atoms with Gasteiger partial charge in [-0.15, -0.1) is 0 Å². The topological polar surface area (TPSA) is 140 Å². The van der Waals surface area contributed by atoms with Crippen LogP contribution in [0.15, 0.2) is 83.1 Å². The highest BCUT2D eigenvalue weighted by Gasteiger charge is 2.10. The number of nitrogens with two attached hydrogens (primary N) is 1. The minimum absolute atomic E-state index is 0.0739. The van der Waals surface area contributed by atoms with E-state index in [4.69, 9.17) is 9.88 Å². The normalized spacial score (nSPS) is 11.7. The Morgan fingerprint density at radius 2 is 1.91 bits per heavy atom. The van der Waals surface area contributed by atoms with Gasteiger partial charge in [0.05, 0.1) is 22.8 Å². The molecule has 0 aliphatic rings. The minimum Gasteiger partial charge on any atom is -0.473 e. The highest BCUT2D eigenvalue weighted by Crippen LogP contribution is 2.21. The Kier molecular flexibility index (Phi) is 5.97. The molecule has 0 aliphatic heterocycles. The molecule has 2 aromatic carbocycles. The summed E-state index contributed by atoms with van der Waals surface area (Å²) in [6.07, 6.45) is 4.90. The number of rotatable bonds is 7. The second-order valence-corrected chi connectivity index (χ2v) is 8.42. The third kappa shape index (κ3) is 4.99. The van der Waals surface area contributed by atoms with Gasteiger partial charge in [0.2, 0.25) is 15.9 Å². The van der Waals surface area contributed by atoms with E-state index in [0.717, 1.165) is 22.0 Å². The molecule has 0 atom stereocenters. The average molecular weight is 449 g/mol. The Hall–Kier alpha value is -4.02. The van der Waals surface area contributed by atoms with Gasteiger partial charge in [0.25, 0.3) is 5.91 Å². The number of carbonyl (C=O) groups excluding carboxylic acids is 1. The van der Waals surface area contributed by atoms with Crippen LogP contribution in [0.3, 0.4) is 0 Å². The van der Waals surface area contributed by atoms with Gasteiger partial charge in [0.15, 0.2) is 0 Å². The number of hydrogen-bond donors (Lipinski definition) is 3. The summed E-state index contributed by atoms with van der Waals surface area (Å²) in [5.74, 6) is -0.0230. The summed E-state index contributed by atoms with van der Waals surface area (Å²) in [7, 11) is -3.82. The predicted molar refractivity (Wildman–Crippen MR) is 120 cm³/mol. The zero-order chi connectivity index (χ0) is 22.6. The Labute approximate surface area is 184 Å². The number of nitrogens with one attached hydrogen (secondary N) is 2. The molecule has 0 saturated carbocycles. The summed E-state index contributed by atoms with van der Waals surface area (Å²) >= 11 is 0. The summed E-state index contributed by atoms with van der Waals surface area (Å²) in [5.41, 5.74) is 5.22. The van der Waals surface area contributed by atoms with E-state index in [0.29, 0.717) is 12.5 Å². The molecule has 2 aromatic heterocycles. The molecular formula is C22H19N5O4S. The number of primary sulfonamides is 1. The van der Waals surface area contributed by atoms with Crippen LogP contribution in [0.5, 0.6) is 5.88 Å². The van der Waals surface area contributed by atoms with Crippen LogP contribution in [0.1, 0.15) is 21.5 Å². The van der Waals surface area contributed by atoms with Crippen molar-refractivity contribution in [1.29, 1.82) is 0 Å². The number of carbonyl (C=O) groups is 1. The molecule has 0 unspecified atom stereocenters. The second-order valence-electron chi connectivity index (χ2n) is 6.85. The first-order valence-corrected chi connectivity index (χ1v) is 11.0. The van der Waals surface area contributed by atoms with Crippen molar-refractivity contribution in [2.24, 2.45) is 10.2 Å². The lowest BCUT2D eigenvalue weighted by Gasteiger charge is -2.05. The van der Waals surface area contributed by atoms with E-state index in [1.807, 2.05) is 30.3 Å². The van der Waals surface area contributed by atoms with Crippen LogP contribution in [0.2, 0.25) is 0 Å². The first kappa shape index (κ1) is 21.2. The highest BCUT2D eigenvalue weighted by molar-refractivity contribution is 7.89. The fourth-order valence-corrected chi connectivity index (χ4v) is 3.48. The molecule has 0 aliphatic carbocycles. The zero-order valence-corrected chi connectivity index (χ0v) is 17.5. The van der Waals surface area contributed by atoms with Gasteiger partial charge in [0.1, 0.15) is 6.61 Å². The van der Waals surface area contributed by atoms with E-state index in [1.165, 1.54) is 30.5 Å². The molecular weight excluding hydrogens is 430 g/mol. The maximum Gasteiger partial charge on any atom is 0.271 e. The van der Waals surface area contributed by atoms with Crippen molar-refractivity contribution in [2.45, 2.75) is 11.5 Å². The molecule has 4 N–H and O–H groups in total. The van der Waals surface area contributed by atoms with Crippen LogP contribution >= 0.6 is 0 Å². The van der Waals surface area contributed by atoms with E-state index >= 15 is 0 Å². The number of ether oxygens (including phenoxy) is 1. The number of sulfonamides is 1. The molecule has 9 nitrogen and oxygen atoms in total. The SMILES string of the molecule is NS(=O)(=O)c1ccc(C(=O)N/N=C/c2c[nH]c3cnc(OCc4ccccc4)cc23)cc1. The number of fused-ring (bicyclic) bond motifs is 1. The number of nitrogens with zero attached hydrogens (tertiary/aromatic N) is 2. The van der Waals surface area contributed by atoms with E-state index in [9.17, 15) is 13.2 Å². The largest absolute Gasteiger partial charge is 0.473 e. The third-order valence-corrected chi connectivity index (χ3v) is 5.55. The van der Waals surface area contributed by atoms with E-state index in [-0.39, 0.29) is 10.5 Å². The Morgan fingerprint density at radius 1 is 1.16 bits per heavy atom. The second kappa shape index (κ2) is 9.00. The molecule has 2 heterocycles. The van der Waals surface area contributed by atoms with Crippen molar-refractivity contribution in [3.05, 3.63) is 89.7 Å². The number of benzene rings is 2. The van der Waals surface area contributed by atoms with Crippen LogP contribution in [-0.2, 0) is 16.6 Å². The van der Waals surface area contributed by atoms with E-state index < -0.39 is 15.9 Å². The first-order valence-electron chi connectivity index (χ1n) is 9.50. The summed E-state index contributed by atoms with van der Waals surface area (Å²) in [6.45, 7) is 0.396. The molecule has 162 valence electrons. The smallest absolute Gasteiger partial charge is 0.271 e. The Bertz CT molecular complexity index is 1380. The fourth-order valence-electron chi connectivity index (χ4n) is 2.96. The molecule has 4 rings (SSSR count). The number of aromatic nitrogens is 2. The summed E-state index contributed by atoms with van der Waals surface area (Å²) < 4.78 is 28.4. The molecule has 0 radical (unpaired) electrons. The average Bonchev–Trinajstić information content (AvgIpc) is 3.20. The summed E-state index contributed by atoms with van der Waals surface area (Å²) in [6, 6.07) is 16.8. The number of hydrazone groups is 1. The summed E-state index contributed by atoms with van der Waals surface area (Å²) in [4.78, 5) is 19.5. The maximum absolute atomic E-state index is 12.2. The lowest BCUT2D eigenvalue weighted by molar-refractivity contribution is 0.0955. The molecule has 10 heteroatoms. The quantitative estimate of drug-likeness (QED) is 0.294. The van der Waals surface area contributed by atoms with Crippen LogP contribution in [-0.4, -0.2) is 30.5 Å². The molecule has 0 fully saturated rings. The van der Waals surface area contributed by atoms with Gasteiger partial charge in [-0.2, -0.15) is 5.10 Å². The van der Waals surface area contributed by atoms with E-state index in [2.05, 4.69) is 20.5 Å². The predicted octanol–water partition coefficient (Wildman–Crippen LogP) is 2.55. The van der Waals surface area contributed by atoms with Gasteiger partial charge >= 0.3 is 0 Å². The zero-order valence-electron chi connectivity index (χ0n) is 16.7. The maximum atomic E-state index is 12.2. The van der Waals surface area contributed by atoms with Gasteiger partial charge in [-0.25, -0.2) is 24.0 Å². The van der Waals surface area contributed by atoms with Gasteiger partial charge in [-0.1, -0.05) is 30.3 Å². The van der Waals surface area contributed by atoms with Gasteiger partial charge in [0, 0.05) is 28.8 Å². The number of aromatic amines is 1. The standard InChI is InChI=1S/C22H19N5O4S/c23-32(29,30)18-8-6-16(7-9-18)22(28)27-26-12-17-11-24-20-13-25-21(10-19(17)20)31-14-15-4-2-1-3-5-15/h1-13,24H,14H2,(H,27,28)(H2,23,29,30)/b26-12+. The van der Waals surface area contributed by atoms with Gasteiger partial charge in [-0.05, 0) is 29.8 Å². The molecule has 0 spiro atoms.